The maximum absolute atomic E-state index is 5.56. The second-order valence-electron chi connectivity index (χ2n) is 1.81. The fraction of sp³-hybridized carbons (Fsp3) is 0.333. The second-order valence-corrected chi connectivity index (χ2v) is 2.67. The Kier molecular flexibility index (Phi) is 1.73. The average molecular weight is 174 g/mol. The van der Waals surface area contributed by atoms with Crippen LogP contribution in [0.3, 0.4) is 0 Å². The molecule has 0 aromatic carbocycles. The molecule has 0 unspecified atom stereocenters. The third kappa shape index (κ3) is 1.13. The molecule has 1 aliphatic rings. The van der Waals surface area contributed by atoms with Gasteiger partial charge in [0.05, 0.1) is 0 Å². The number of rotatable bonds is 0. The fourth-order valence-corrected chi connectivity index (χ4v) is 1.04. The Bertz CT molecular complexity index is 147. The molecule has 0 amide bonds. The molecule has 0 radical (unpaired) electrons. The smallest absolute Gasteiger partial charge is 0.0359 e. The van der Waals surface area contributed by atoms with Gasteiger partial charge in [-0.1, -0.05) is 12.2 Å². The van der Waals surface area contributed by atoms with E-state index in [2.05, 4.69) is 22.0 Å². The van der Waals surface area contributed by atoms with Gasteiger partial charge in [0.1, 0.15) is 0 Å². The predicted octanol–water partition coefficient (Wildman–Crippen LogP) is 1.90. The van der Waals surface area contributed by atoms with E-state index in [4.69, 9.17) is 5.73 Å². The molecule has 44 valence electrons. The largest absolute Gasteiger partial charge is 0.401 e. The Morgan fingerprint density at radius 3 is 2.75 bits per heavy atom. The standard InChI is InChI=1S/C6H8BrN/c7-5-3-1-2-4-6(5)8/h1,3H,2,4,8H2. The zero-order chi connectivity index (χ0) is 5.98. The number of allylic oxidation sites excluding steroid dienone is 4. The fourth-order valence-electron chi connectivity index (χ4n) is 0.652. The summed E-state index contributed by atoms with van der Waals surface area (Å²) in [5.41, 5.74) is 6.53. The van der Waals surface area contributed by atoms with Crippen molar-refractivity contribution in [3.63, 3.8) is 0 Å². The van der Waals surface area contributed by atoms with Gasteiger partial charge in [-0.05, 0) is 28.8 Å². The van der Waals surface area contributed by atoms with E-state index >= 15 is 0 Å². The van der Waals surface area contributed by atoms with Crippen LogP contribution in [0.1, 0.15) is 12.8 Å². The first-order valence-corrected chi connectivity index (χ1v) is 3.40. The minimum Gasteiger partial charge on any atom is -0.401 e. The maximum atomic E-state index is 5.56. The Balaban J connectivity index is 2.76. The summed E-state index contributed by atoms with van der Waals surface area (Å²) in [5.74, 6) is 0. The molecule has 0 atom stereocenters. The SMILES string of the molecule is NC1=C(Br)C=CCC1. The van der Waals surface area contributed by atoms with Crippen molar-refractivity contribution in [2.24, 2.45) is 5.73 Å². The van der Waals surface area contributed by atoms with Crippen LogP contribution in [0, 0.1) is 0 Å². The maximum Gasteiger partial charge on any atom is 0.0359 e. The van der Waals surface area contributed by atoms with Gasteiger partial charge in [0.25, 0.3) is 0 Å². The van der Waals surface area contributed by atoms with Gasteiger partial charge in [-0.25, -0.2) is 0 Å². The molecule has 0 spiro atoms. The van der Waals surface area contributed by atoms with Crippen molar-refractivity contribution in [2.75, 3.05) is 0 Å². The number of hydrogen-bond donors (Lipinski definition) is 1. The molecule has 0 saturated carbocycles. The molecule has 1 rings (SSSR count). The van der Waals surface area contributed by atoms with E-state index in [-0.39, 0.29) is 0 Å². The number of nitrogens with two attached hydrogens (primary N) is 1. The first kappa shape index (κ1) is 5.89. The minimum atomic E-state index is 0.965. The summed E-state index contributed by atoms with van der Waals surface area (Å²) < 4.78 is 1.05. The molecule has 0 saturated heterocycles. The topological polar surface area (TPSA) is 26.0 Å². The van der Waals surface area contributed by atoms with Gasteiger partial charge in [0.2, 0.25) is 0 Å². The van der Waals surface area contributed by atoms with Crippen LogP contribution in [0.15, 0.2) is 22.3 Å². The third-order valence-corrected chi connectivity index (χ3v) is 1.92. The zero-order valence-corrected chi connectivity index (χ0v) is 6.11. The normalized spacial score (nSPS) is 19.6. The summed E-state index contributed by atoms with van der Waals surface area (Å²) in [6, 6.07) is 0. The Labute approximate surface area is 57.4 Å². The van der Waals surface area contributed by atoms with Crippen LogP contribution in [-0.4, -0.2) is 0 Å². The number of hydrogen-bond acceptors (Lipinski definition) is 1. The van der Waals surface area contributed by atoms with E-state index in [9.17, 15) is 0 Å². The van der Waals surface area contributed by atoms with Crippen LogP contribution in [0.2, 0.25) is 0 Å². The van der Waals surface area contributed by atoms with Crippen LogP contribution >= 0.6 is 15.9 Å². The van der Waals surface area contributed by atoms with E-state index in [0.717, 1.165) is 23.0 Å². The lowest BCUT2D eigenvalue weighted by Gasteiger charge is -2.04. The van der Waals surface area contributed by atoms with E-state index in [0.29, 0.717) is 0 Å². The molecular weight excluding hydrogens is 166 g/mol. The van der Waals surface area contributed by atoms with Crippen LogP contribution in [0.4, 0.5) is 0 Å². The second kappa shape index (κ2) is 2.35. The summed E-state index contributed by atoms with van der Waals surface area (Å²) in [7, 11) is 0. The molecule has 2 N–H and O–H groups in total. The monoisotopic (exact) mass is 173 g/mol. The Hall–Kier alpha value is -0.240. The van der Waals surface area contributed by atoms with E-state index in [1.54, 1.807) is 0 Å². The van der Waals surface area contributed by atoms with Crippen molar-refractivity contribution in [1.29, 1.82) is 0 Å². The highest BCUT2D eigenvalue weighted by Crippen LogP contribution is 2.18. The molecule has 8 heavy (non-hydrogen) atoms. The summed E-state index contributed by atoms with van der Waals surface area (Å²) in [5, 5.41) is 0. The highest BCUT2D eigenvalue weighted by Gasteiger charge is 1.98. The molecule has 2 heteroatoms. The molecule has 0 bridgehead atoms. The van der Waals surface area contributed by atoms with Gasteiger partial charge in [0, 0.05) is 10.2 Å². The molecule has 1 aliphatic carbocycles. The van der Waals surface area contributed by atoms with Crippen LogP contribution in [0.5, 0.6) is 0 Å². The van der Waals surface area contributed by atoms with Crippen molar-refractivity contribution in [3.8, 4) is 0 Å². The molecule has 0 fully saturated rings. The van der Waals surface area contributed by atoms with Crippen molar-refractivity contribution < 1.29 is 0 Å². The van der Waals surface area contributed by atoms with Crippen LogP contribution in [0.25, 0.3) is 0 Å². The van der Waals surface area contributed by atoms with Gasteiger partial charge in [-0.3, -0.25) is 0 Å². The molecule has 0 aromatic rings. The lowest BCUT2D eigenvalue weighted by Crippen LogP contribution is -2.00. The average Bonchev–Trinajstić information content (AvgIpc) is 1.77. The predicted molar refractivity (Wildman–Crippen MR) is 38.5 cm³/mol. The molecular formula is C6H8BrN. The number of halogens is 1. The lowest BCUT2D eigenvalue weighted by atomic mass is 10.1. The summed E-state index contributed by atoms with van der Waals surface area (Å²) in [6.45, 7) is 0. The van der Waals surface area contributed by atoms with Crippen molar-refractivity contribution in [3.05, 3.63) is 22.3 Å². The quantitative estimate of drug-likeness (QED) is 0.596. The Morgan fingerprint density at radius 1 is 1.62 bits per heavy atom. The van der Waals surface area contributed by atoms with Crippen molar-refractivity contribution >= 4 is 15.9 Å². The first-order chi connectivity index (χ1) is 3.80. The van der Waals surface area contributed by atoms with Crippen LogP contribution in [-0.2, 0) is 0 Å². The lowest BCUT2D eigenvalue weighted by molar-refractivity contribution is 0.941. The van der Waals surface area contributed by atoms with E-state index in [1.807, 2.05) is 6.08 Å². The molecule has 0 heterocycles. The van der Waals surface area contributed by atoms with Crippen molar-refractivity contribution in [1.82, 2.24) is 0 Å². The first-order valence-electron chi connectivity index (χ1n) is 2.61. The highest BCUT2D eigenvalue weighted by atomic mass is 79.9. The van der Waals surface area contributed by atoms with Crippen molar-refractivity contribution in [2.45, 2.75) is 12.8 Å². The summed E-state index contributed by atoms with van der Waals surface area (Å²) in [6.07, 6.45) is 6.19. The molecule has 0 aliphatic heterocycles. The minimum absolute atomic E-state index is 0.965. The summed E-state index contributed by atoms with van der Waals surface area (Å²) in [4.78, 5) is 0. The zero-order valence-electron chi connectivity index (χ0n) is 4.52. The Morgan fingerprint density at radius 2 is 2.38 bits per heavy atom. The van der Waals surface area contributed by atoms with Crippen LogP contribution < -0.4 is 5.73 Å². The van der Waals surface area contributed by atoms with Gasteiger partial charge in [0.15, 0.2) is 0 Å². The molecule has 0 aromatic heterocycles. The van der Waals surface area contributed by atoms with Gasteiger partial charge >= 0.3 is 0 Å². The third-order valence-electron chi connectivity index (χ3n) is 1.15. The summed E-state index contributed by atoms with van der Waals surface area (Å²) >= 11 is 3.32. The van der Waals surface area contributed by atoms with E-state index in [1.165, 1.54) is 0 Å². The molecule has 1 nitrogen and oxygen atoms in total. The van der Waals surface area contributed by atoms with Gasteiger partial charge in [-0.2, -0.15) is 0 Å². The van der Waals surface area contributed by atoms with E-state index < -0.39 is 0 Å². The van der Waals surface area contributed by atoms with Gasteiger partial charge in [-0.15, -0.1) is 0 Å². The van der Waals surface area contributed by atoms with Gasteiger partial charge < -0.3 is 5.73 Å². The highest BCUT2D eigenvalue weighted by molar-refractivity contribution is 9.11.